The second-order valence-electron chi connectivity index (χ2n) is 5.44. The third-order valence-electron chi connectivity index (χ3n) is 3.72. The highest BCUT2D eigenvalue weighted by Gasteiger charge is 2.15. The van der Waals surface area contributed by atoms with Gasteiger partial charge in [-0.2, -0.15) is 10.1 Å². The number of nitrogens with zero attached hydrogens (tertiary/aromatic N) is 6. The fourth-order valence-electron chi connectivity index (χ4n) is 2.46. The Morgan fingerprint density at radius 3 is 2.62 bits per heavy atom. The van der Waals surface area contributed by atoms with Gasteiger partial charge in [0, 0.05) is 18.0 Å². The minimum Gasteiger partial charge on any atom is -0.481 e. The lowest BCUT2D eigenvalue weighted by atomic mass is 10.3. The van der Waals surface area contributed by atoms with Crippen molar-refractivity contribution in [3.63, 3.8) is 0 Å². The summed E-state index contributed by atoms with van der Waals surface area (Å²) in [6.45, 7) is 0. The van der Waals surface area contributed by atoms with Crippen LogP contribution in [0.1, 0.15) is 0 Å². The van der Waals surface area contributed by atoms with Gasteiger partial charge in [-0.15, -0.1) is 5.10 Å². The van der Waals surface area contributed by atoms with Crippen molar-refractivity contribution < 1.29 is 4.74 Å². The van der Waals surface area contributed by atoms with Crippen LogP contribution in [-0.2, 0) is 7.05 Å². The van der Waals surface area contributed by atoms with Gasteiger partial charge in [-0.25, -0.2) is 14.3 Å². The van der Waals surface area contributed by atoms with Crippen molar-refractivity contribution in [3.8, 4) is 23.1 Å². The molecule has 0 amide bonds. The summed E-state index contributed by atoms with van der Waals surface area (Å²) in [6, 6.07) is 15.7. The molecule has 0 spiro atoms. The molecule has 0 saturated carbocycles. The maximum Gasteiger partial charge on any atom is 0.213 e. The van der Waals surface area contributed by atoms with Crippen LogP contribution in [0.5, 0.6) is 5.88 Å². The summed E-state index contributed by atoms with van der Waals surface area (Å²) in [5.74, 6) is 1.17. The van der Waals surface area contributed by atoms with Gasteiger partial charge in [0.25, 0.3) is 0 Å². The molecule has 1 aromatic carbocycles. The van der Waals surface area contributed by atoms with E-state index in [2.05, 4.69) is 20.2 Å². The smallest absolute Gasteiger partial charge is 0.213 e. The zero-order chi connectivity index (χ0) is 17.9. The van der Waals surface area contributed by atoms with Crippen LogP contribution in [0, 0.1) is 0 Å². The van der Waals surface area contributed by atoms with Crippen molar-refractivity contribution in [2.24, 2.45) is 7.05 Å². The molecule has 3 aromatic heterocycles. The maximum absolute atomic E-state index is 5.11. The molecule has 0 unspecified atom stereocenters. The first-order chi connectivity index (χ1) is 12.7. The van der Waals surface area contributed by atoms with Gasteiger partial charge in [-0.05, 0) is 24.3 Å². The van der Waals surface area contributed by atoms with Crippen molar-refractivity contribution in [2.75, 3.05) is 7.11 Å². The van der Waals surface area contributed by atoms with Gasteiger partial charge in [0.1, 0.15) is 5.69 Å². The first kappa shape index (κ1) is 16.3. The molecule has 0 N–H and O–H groups in total. The van der Waals surface area contributed by atoms with Crippen LogP contribution in [0.25, 0.3) is 17.2 Å². The Balaban J connectivity index is 1.66. The summed E-state index contributed by atoms with van der Waals surface area (Å²) < 4.78 is 8.64. The van der Waals surface area contributed by atoms with Crippen molar-refractivity contribution in [1.82, 2.24) is 29.5 Å². The molecule has 0 bridgehead atoms. The number of rotatable bonds is 5. The molecule has 0 aliphatic heterocycles. The fourth-order valence-corrected chi connectivity index (χ4v) is 3.27. The quantitative estimate of drug-likeness (QED) is 0.541. The lowest BCUT2D eigenvalue weighted by molar-refractivity contribution is 0.397. The monoisotopic (exact) mass is 364 g/mol. The average molecular weight is 364 g/mol. The highest BCUT2D eigenvalue weighted by atomic mass is 32.2. The first-order valence-corrected chi connectivity index (χ1v) is 8.75. The number of hydrogen-bond donors (Lipinski definition) is 0. The largest absolute Gasteiger partial charge is 0.481 e. The number of pyridine rings is 1. The third-order valence-corrected chi connectivity index (χ3v) is 4.77. The van der Waals surface area contributed by atoms with Crippen LogP contribution in [0.4, 0.5) is 0 Å². The lowest BCUT2D eigenvalue weighted by Gasteiger charge is -2.05. The van der Waals surface area contributed by atoms with Gasteiger partial charge in [0.15, 0.2) is 5.16 Å². The molecule has 4 aromatic rings. The molecule has 7 nitrogen and oxygen atoms in total. The Morgan fingerprint density at radius 1 is 1.04 bits per heavy atom. The Bertz CT molecular complexity index is 1010. The molecule has 26 heavy (non-hydrogen) atoms. The normalized spacial score (nSPS) is 10.8. The molecule has 0 radical (unpaired) electrons. The van der Waals surface area contributed by atoms with Crippen molar-refractivity contribution in [1.29, 1.82) is 0 Å². The zero-order valence-corrected chi connectivity index (χ0v) is 15.1. The first-order valence-electron chi connectivity index (χ1n) is 7.93. The molecule has 3 heterocycles. The highest BCUT2D eigenvalue weighted by Crippen LogP contribution is 2.28. The molecule has 0 aliphatic rings. The number of hydrogen-bond acceptors (Lipinski definition) is 6. The molecule has 130 valence electrons. The Morgan fingerprint density at radius 2 is 1.88 bits per heavy atom. The van der Waals surface area contributed by atoms with E-state index >= 15 is 0 Å². The van der Waals surface area contributed by atoms with Gasteiger partial charge < -0.3 is 4.74 Å². The predicted molar refractivity (Wildman–Crippen MR) is 98.5 cm³/mol. The predicted octanol–water partition coefficient (Wildman–Crippen LogP) is 3.22. The molecular formula is C18H16N6OS. The number of aryl methyl sites for hydroxylation is 1. The minimum absolute atomic E-state index is 0.556. The van der Waals surface area contributed by atoms with Gasteiger partial charge in [-0.3, -0.25) is 0 Å². The lowest BCUT2D eigenvalue weighted by Crippen LogP contribution is -2.01. The summed E-state index contributed by atoms with van der Waals surface area (Å²) in [4.78, 5) is 10.0. The van der Waals surface area contributed by atoms with E-state index in [0.29, 0.717) is 11.7 Å². The fraction of sp³-hybridized carbons (Fsp3) is 0.111. The number of ether oxygens (including phenoxy) is 1. The van der Waals surface area contributed by atoms with E-state index < -0.39 is 0 Å². The maximum atomic E-state index is 5.11. The number of aromatic nitrogens is 6. The van der Waals surface area contributed by atoms with Crippen molar-refractivity contribution in [2.45, 2.75) is 10.1 Å². The summed E-state index contributed by atoms with van der Waals surface area (Å²) in [7, 11) is 3.47. The number of methoxy groups -OCH3 is 1. The average Bonchev–Trinajstić information content (AvgIpc) is 3.30. The standard InChI is InChI=1S/C18H16N6OS/c1-23-18(26-14-6-4-3-5-7-14)21-17(22-23)15-10-11-20-24(15)13-8-9-16(25-2)19-12-13/h3-12H,1-2H3. The molecular weight excluding hydrogens is 348 g/mol. The van der Waals surface area contributed by atoms with Gasteiger partial charge in [0.2, 0.25) is 11.7 Å². The SMILES string of the molecule is COc1ccc(-n2nccc2-c2nc(Sc3ccccc3)n(C)n2)cn1. The van der Waals surface area contributed by atoms with Crippen LogP contribution in [0.3, 0.4) is 0 Å². The third kappa shape index (κ3) is 3.18. The summed E-state index contributed by atoms with van der Waals surface area (Å²) in [6.07, 6.45) is 3.43. The Labute approximate surface area is 154 Å². The van der Waals surface area contributed by atoms with E-state index in [1.807, 2.05) is 49.5 Å². The summed E-state index contributed by atoms with van der Waals surface area (Å²) >= 11 is 1.57. The highest BCUT2D eigenvalue weighted by molar-refractivity contribution is 7.99. The Kier molecular flexibility index (Phi) is 4.40. The summed E-state index contributed by atoms with van der Waals surface area (Å²) in [5.41, 5.74) is 1.61. The van der Waals surface area contributed by atoms with Crippen molar-refractivity contribution in [3.05, 3.63) is 60.9 Å². The molecule has 0 atom stereocenters. The van der Waals surface area contributed by atoms with E-state index in [1.165, 1.54) is 0 Å². The molecule has 8 heteroatoms. The molecule has 0 aliphatic carbocycles. The van der Waals surface area contributed by atoms with Gasteiger partial charge in [0.05, 0.1) is 25.2 Å². The van der Waals surface area contributed by atoms with E-state index in [1.54, 1.807) is 46.7 Å². The number of benzene rings is 1. The molecule has 0 saturated heterocycles. The second kappa shape index (κ2) is 7.01. The molecule has 4 rings (SSSR count). The van der Waals surface area contributed by atoms with E-state index in [-0.39, 0.29) is 0 Å². The topological polar surface area (TPSA) is 70.7 Å². The van der Waals surface area contributed by atoms with Crippen LogP contribution in [-0.4, -0.2) is 36.6 Å². The van der Waals surface area contributed by atoms with Crippen LogP contribution in [0.15, 0.2) is 71.0 Å². The van der Waals surface area contributed by atoms with E-state index in [0.717, 1.165) is 21.4 Å². The van der Waals surface area contributed by atoms with Crippen LogP contribution in [0.2, 0.25) is 0 Å². The minimum atomic E-state index is 0.556. The van der Waals surface area contributed by atoms with Crippen LogP contribution < -0.4 is 4.74 Å². The molecule has 0 fully saturated rings. The van der Waals surface area contributed by atoms with Gasteiger partial charge >= 0.3 is 0 Å². The Hall–Kier alpha value is -3.13. The van der Waals surface area contributed by atoms with Crippen molar-refractivity contribution >= 4 is 11.8 Å². The van der Waals surface area contributed by atoms with Gasteiger partial charge in [-0.1, -0.05) is 30.0 Å². The zero-order valence-electron chi connectivity index (χ0n) is 14.3. The van der Waals surface area contributed by atoms with E-state index in [4.69, 9.17) is 4.74 Å². The van der Waals surface area contributed by atoms with Crippen LogP contribution >= 0.6 is 11.8 Å². The van der Waals surface area contributed by atoms with E-state index in [9.17, 15) is 0 Å². The second-order valence-corrected chi connectivity index (χ2v) is 6.48. The summed E-state index contributed by atoms with van der Waals surface area (Å²) in [5, 5.41) is 9.74.